The van der Waals surface area contributed by atoms with Crippen molar-refractivity contribution in [3.8, 4) is 5.69 Å². The number of nitrogen functional groups attached to an aromatic ring is 1. The molecule has 0 bridgehead atoms. The van der Waals surface area contributed by atoms with Gasteiger partial charge in [-0.2, -0.15) is 5.10 Å². The summed E-state index contributed by atoms with van der Waals surface area (Å²) in [7, 11) is 0. The van der Waals surface area contributed by atoms with Gasteiger partial charge in [-0.3, -0.25) is 0 Å². The van der Waals surface area contributed by atoms with Gasteiger partial charge in [0.15, 0.2) is 5.82 Å². The van der Waals surface area contributed by atoms with Crippen molar-refractivity contribution in [3.05, 3.63) is 54.2 Å². The fourth-order valence-electron chi connectivity index (χ4n) is 1.92. The summed E-state index contributed by atoms with van der Waals surface area (Å²) in [6, 6.07) is 8.65. The standard InChI is InChI=1S/C13H9F2N3/c14-8-4-5-13(10(15)6-8)18-12-3-1-2-11(16)9(12)7-17-18/h1-7H,16H2. The predicted octanol–water partition coefficient (Wildman–Crippen LogP) is 2.89. The second kappa shape index (κ2) is 3.80. The molecule has 0 fully saturated rings. The van der Waals surface area contributed by atoms with Crippen molar-refractivity contribution >= 4 is 16.6 Å². The van der Waals surface area contributed by atoms with Crippen LogP contribution in [0.3, 0.4) is 0 Å². The van der Waals surface area contributed by atoms with Gasteiger partial charge in [-0.15, -0.1) is 0 Å². The Balaban J connectivity index is 2.29. The predicted molar refractivity (Wildman–Crippen MR) is 65.4 cm³/mol. The minimum Gasteiger partial charge on any atom is -0.398 e. The number of aromatic nitrogens is 2. The van der Waals surface area contributed by atoms with E-state index in [1.54, 1.807) is 24.4 Å². The van der Waals surface area contributed by atoms with Crippen molar-refractivity contribution < 1.29 is 8.78 Å². The summed E-state index contributed by atoms with van der Waals surface area (Å²) < 4.78 is 28.0. The van der Waals surface area contributed by atoms with E-state index in [0.717, 1.165) is 11.5 Å². The first-order valence-corrected chi connectivity index (χ1v) is 5.34. The number of hydrogen-bond acceptors (Lipinski definition) is 2. The molecule has 2 aromatic carbocycles. The normalized spacial score (nSPS) is 11.0. The quantitative estimate of drug-likeness (QED) is 0.670. The molecule has 0 saturated heterocycles. The van der Waals surface area contributed by atoms with Crippen LogP contribution < -0.4 is 5.73 Å². The summed E-state index contributed by atoms with van der Waals surface area (Å²) in [5.41, 5.74) is 7.25. The van der Waals surface area contributed by atoms with E-state index < -0.39 is 11.6 Å². The molecule has 0 amide bonds. The summed E-state index contributed by atoms with van der Waals surface area (Å²) in [5.74, 6) is -1.28. The fraction of sp³-hybridized carbons (Fsp3) is 0. The molecule has 0 spiro atoms. The maximum absolute atomic E-state index is 13.7. The molecule has 1 heterocycles. The molecule has 5 heteroatoms. The van der Waals surface area contributed by atoms with E-state index >= 15 is 0 Å². The number of fused-ring (bicyclic) bond motifs is 1. The van der Waals surface area contributed by atoms with Gasteiger partial charge in [0, 0.05) is 17.1 Å². The van der Waals surface area contributed by atoms with Crippen molar-refractivity contribution in [2.75, 3.05) is 5.73 Å². The van der Waals surface area contributed by atoms with Crippen LogP contribution >= 0.6 is 0 Å². The van der Waals surface area contributed by atoms with Crippen LogP contribution in [0.5, 0.6) is 0 Å². The third-order valence-electron chi connectivity index (χ3n) is 2.79. The van der Waals surface area contributed by atoms with E-state index in [2.05, 4.69) is 5.10 Å². The lowest BCUT2D eigenvalue weighted by Gasteiger charge is -2.05. The van der Waals surface area contributed by atoms with E-state index in [1.165, 1.54) is 16.8 Å². The lowest BCUT2D eigenvalue weighted by atomic mass is 10.2. The Morgan fingerprint density at radius 2 is 1.94 bits per heavy atom. The molecule has 2 N–H and O–H groups in total. The molecular weight excluding hydrogens is 236 g/mol. The van der Waals surface area contributed by atoms with Gasteiger partial charge in [0.25, 0.3) is 0 Å². The molecule has 0 atom stereocenters. The summed E-state index contributed by atoms with van der Waals surface area (Å²) >= 11 is 0. The molecule has 0 aliphatic carbocycles. The molecule has 1 aromatic heterocycles. The minimum atomic E-state index is -0.664. The maximum Gasteiger partial charge on any atom is 0.151 e. The maximum atomic E-state index is 13.7. The first-order valence-electron chi connectivity index (χ1n) is 5.34. The molecule has 3 nitrogen and oxygen atoms in total. The molecule has 0 aliphatic heterocycles. The zero-order valence-corrected chi connectivity index (χ0v) is 9.27. The Bertz CT molecular complexity index is 734. The van der Waals surface area contributed by atoms with E-state index in [1.807, 2.05) is 0 Å². The van der Waals surface area contributed by atoms with Gasteiger partial charge in [0.2, 0.25) is 0 Å². The Kier molecular flexibility index (Phi) is 2.26. The van der Waals surface area contributed by atoms with Crippen LogP contribution in [-0.2, 0) is 0 Å². The number of hydrogen-bond donors (Lipinski definition) is 1. The monoisotopic (exact) mass is 245 g/mol. The topological polar surface area (TPSA) is 43.8 Å². The number of rotatable bonds is 1. The summed E-state index contributed by atoms with van der Waals surface area (Å²) in [6.07, 6.45) is 1.56. The van der Waals surface area contributed by atoms with Crippen LogP contribution in [-0.4, -0.2) is 9.78 Å². The summed E-state index contributed by atoms with van der Waals surface area (Å²) in [6.45, 7) is 0. The van der Waals surface area contributed by atoms with Crippen molar-refractivity contribution in [3.63, 3.8) is 0 Å². The third kappa shape index (κ3) is 1.52. The highest BCUT2D eigenvalue weighted by Gasteiger charge is 2.11. The van der Waals surface area contributed by atoms with E-state index in [4.69, 9.17) is 5.73 Å². The Morgan fingerprint density at radius 1 is 1.11 bits per heavy atom. The van der Waals surface area contributed by atoms with Crippen LogP contribution in [0.25, 0.3) is 16.6 Å². The van der Waals surface area contributed by atoms with Crippen molar-refractivity contribution in [2.45, 2.75) is 0 Å². The average Bonchev–Trinajstić information content (AvgIpc) is 2.74. The first kappa shape index (κ1) is 10.7. The number of anilines is 1. The lowest BCUT2D eigenvalue weighted by Crippen LogP contribution is -2.00. The average molecular weight is 245 g/mol. The van der Waals surface area contributed by atoms with E-state index in [-0.39, 0.29) is 5.69 Å². The molecule has 0 saturated carbocycles. The van der Waals surface area contributed by atoms with Gasteiger partial charge in [0.05, 0.1) is 11.7 Å². The zero-order valence-electron chi connectivity index (χ0n) is 9.27. The third-order valence-corrected chi connectivity index (χ3v) is 2.79. The van der Waals surface area contributed by atoms with Gasteiger partial charge < -0.3 is 5.73 Å². The summed E-state index contributed by atoms with van der Waals surface area (Å²) in [4.78, 5) is 0. The molecule has 3 rings (SSSR count). The molecular formula is C13H9F2N3. The minimum absolute atomic E-state index is 0.192. The highest BCUT2D eigenvalue weighted by molar-refractivity contribution is 5.91. The van der Waals surface area contributed by atoms with Crippen LogP contribution in [0.1, 0.15) is 0 Å². The van der Waals surface area contributed by atoms with Crippen molar-refractivity contribution in [2.24, 2.45) is 0 Å². The van der Waals surface area contributed by atoms with Crippen molar-refractivity contribution in [1.29, 1.82) is 0 Å². The second-order valence-electron chi connectivity index (χ2n) is 3.93. The second-order valence-corrected chi connectivity index (χ2v) is 3.93. The SMILES string of the molecule is Nc1cccc2c1cnn2-c1ccc(F)cc1F. The highest BCUT2D eigenvalue weighted by atomic mass is 19.1. The number of nitrogens with zero attached hydrogens (tertiary/aromatic N) is 2. The number of benzene rings is 2. The van der Waals surface area contributed by atoms with Gasteiger partial charge >= 0.3 is 0 Å². The highest BCUT2D eigenvalue weighted by Crippen LogP contribution is 2.24. The Labute approximate surface area is 101 Å². The molecule has 90 valence electrons. The van der Waals surface area contributed by atoms with Gasteiger partial charge in [-0.1, -0.05) is 6.07 Å². The number of halogens is 2. The number of nitrogens with two attached hydrogens (primary N) is 1. The Morgan fingerprint density at radius 3 is 2.72 bits per heavy atom. The van der Waals surface area contributed by atoms with Crippen LogP contribution in [0.4, 0.5) is 14.5 Å². The zero-order chi connectivity index (χ0) is 12.7. The van der Waals surface area contributed by atoms with Crippen LogP contribution in [0, 0.1) is 11.6 Å². The van der Waals surface area contributed by atoms with Crippen LogP contribution in [0.2, 0.25) is 0 Å². The Hall–Kier alpha value is -2.43. The molecule has 0 radical (unpaired) electrons. The van der Waals surface area contributed by atoms with Crippen molar-refractivity contribution in [1.82, 2.24) is 9.78 Å². The smallest absolute Gasteiger partial charge is 0.151 e. The molecule has 3 aromatic rings. The first-order chi connectivity index (χ1) is 8.66. The molecule has 18 heavy (non-hydrogen) atoms. The largest absolute Gasteiger partial charge is 0.398 e. The van der Waals surface area contributed by atoms with Gasteiger partial charge in [-0.25, -0.2) is 13.5 Å². The van der Waals surface area contributed by atoms with E-state index in [0.29, 0.717) is 11.2 Å². The lowest BCUT2D eigenvalue weighted by molar-refractivity contribution is 0.575. The molecule has 0 unspecified atom stereocenters. The van der Waals surface area contributed by atoms with E-state index in [9.17, 15) is 8.78 Å². The van der Waals surface area contributed by atoms with Gasteiger partial charge in [-0.05, 0) is 24.3 Å². The van der Waals surface area contributed by atoms with Gasteiger partial charge in [0.1, 0.15) is 11.5 Å². The summed E-state index contributed by atoms with van der Waals surface area (Å²) in [5, 5.41) is 4.83. The van der Waals surface area contributed by atoms with Crippen LogP contribution in [0.15, 0.2) is 42.6 Å². The fourth-order valence-corrected chi connectivity index (χ4v) is 1.92. The molecule has 0 aliphatic rings.